The molecule has 4 N–H and O–H groups in total. The molecule has 2 rings (SSSR count). The van der Waals surface area contributed by atoms with E-state index in [-0.39, 0.29) is 5.41 Å². The number of likely N-dealkylation sites (tertiary alicyclic amines) is 1. The van der Waals surface area contributed by atoms with Gasteiger partial charge in [0, 0.05) is 19.6 Å². The van der Waals surface area contributed by atoms with Gasteiger partial charge in [0.2, 0.25) is 0 Å². The van der Waals surface area contributed by atoms with E-state index in [9.17, 15) is 10.2 Å². The van der Waals surface area contributed by atoms with Crippen molar-refractivity contribution in [2.75, 3.05) is 26.2 Å². The lowest BCUT2D eigenvalue weighted by Gasteiger charge is -2.41. The average molecular weight is 242 g/mol. The van der Waals surface area contributed by atoms with Crippen LogP contribution in [0.1, 0.15) is 32.6 Å². The Hall–Kier alpha value is -0.160. The van der Waals surface area contributed by atoms with Gasteiger partial charge < -0.3 is 15.9 Å². The maximum absolute atomic E-state index is 9.58. The fourth-order valence-corrected chi connectivity index (χ4v) is 3.61. The van der Waals surface area contributed by atoms with Gasteiger partial charge in [-0.05, 0) is 30.7 Å². The summed E-state index contributed by atoms with van der Waals surface area (Å²) in [6.45, 7) is 5.15. The van der Waals surface area contributed by atoms with Gasteiger partial charge in [0.15, 0.2) is 0 Å². The fraction of sp³-hybridized carbons (Fsp3) is 1.00. The first-order chi connectivity index (χ1) is 8.04. The summed E-state index contributed by atoms with van der Waals surface area (Å²) in [5.41, 5.74) is 6.21. The van der Waals surface area contributed by atoms with Crippen molar-refractivity contribution < 1.29 is 10.2 Å². The molecule has 0 amide bonds. The molecule has 4 heteroatoms. The van der Waals surface area contributed by atoms with Gasteiger partial charge in [-0.25, -0.2) is 0 Å². The minimum absolute atomic E-state index is 0.210. The van der Waals surface area contributed by atoms with Crippen LogP contribution in [0.5, 0.6) is 0 Å². The first-order valence-corrected chi connectivity index (χ1v) is 6.83. The van der Waals surface area contributed by atoms with E-state index in [1.165, 1.54) is 25.7 Å². The van der Waals surface area contributed by atoms with Crippen molar-refractivity contribution >= 4 is 0 Å². The topological polar surface area (TPSA) is 69.7 Å². The van der Waals surface area contributed by atoms with Crippen LogP contribution in [0, 0.1) is 11.3 Å². The van der Waals surface area contributed by atoms with Crippen LogP contribution in [0.2, 0.25) is 0 Å². The Balaban J connectivity index is 1.95. The lowest BCUT2D eigenvalue weighted by molar-refractivity contribution is 0.0572. The number of aliphatic hydroxyl groups is 2. The second-order valence-electron chi connectivity index (χ2n) is 6.23. The minimum Gasteiger partial charge on any atom is -0.389 e. The van der Waals surface area contributed by atoms with Crippen molar-refractivity contribution in [2.45, 2.75) is 44.8 Å². The molecule has 2 fully saturated rings. The second kappa shape index (κ2) is 5.22. The molecule has 4 unspecified atom stereocenters. The molecular weight excluding hydrogens is 216 g/mol. The number of hydrogen-bond acceptors (Lipinski definition) is 4. The van der Waals surface area contributed by atoms with E-state index >= 15 is 0 Å². The molecule has 1 aliphatic carbocycles. The molecule has 0 bridgehead atoms. The highest BCUT2D eigenvalue weighted by molar-refractivity contribution is 4.92. The van der Waals surface area contributed by atoms with Crippen LogP contribution in [0.3, 0.4) is 0 Å². The summed E-state index contributed by atoms with van der Waals surface area (Å²) in [4.78, 5) is 2.18. The molecule has 0 aromatic carbocycles. The number of nitrogens with zero attached hydrogens (tertiary/aromatic N) is 1. The van der Waals surface area contributed by atoms with Crippen molar-refractivity contribution in [2.24, 2.45) is 17.1 Å². The number of rotatable bonds is 3. The Kier molecular flexibility index (Phi) is 4.08. The molecule has 1 aliphatic heterocycles. The van der Waals surface area contributed by atoms with E-state index < -0.39 is 12.2 Å². The fourth-order valence-electron chi connectivity index (χ4n) is 3.61. The maximum Gasteiger partial charge on any atom is 0.0938 e. The molecule has 1 heterocycles. The van der Waals surface area contributed by atoms with E-state index in [1.807, 2.05) is 0 Å². The summed E-state index contributed by atoms with van der Waals surface area (Å²) in [6, 6.07) is 0. The van der Waals surface area contributed by atoms with Crippen molar-refractivity contribution in [1.29, 1.82) is 0 Å². The first kappa shape index (κ1) is 13.3. The van der Waals surface area contributed by atoms with Gasteiger partial charge in [-0.2, -0.15) is 0 Å². The summed E-state index contributed by atoms with van der Waals surface area (Å²) < 4.78 is 0. The summed E-state index contributed by atoms with van der Waals surface area (Å²) in [7, 11) is 0. The molecule has 4 atom stereocenters. The monoisotopic (exact) mass is 242 g/mol. The number of hydrogen-bond donors (Lipinski definition) is 3. The summed E-state index contributed by atoms with van der Waals surface area (Å²) in [5, 5.41) is 19.2. The van der Waals surface area contributed by atoms with Gasteiger partial charge >= 0.3 is 0 Å². The lowest BCUT2D eigenvalue weighted by Crippen LogP contribution is -2.45. The smallest absolute Gasteiger partial charge is 0.0938 e. The average Bonchev–Trinajstić information content (AvgIpc) is 2.57. The number of β-amino-alcohol motifs (C(OH)–C–C–N with tert-alkyl or cyclic N) is 2. The van der Waals surface area contributed by atoms with Gasteiger partial charge in [-0.3, -0.25) is 4.90 Å². The summed E-state index contributed by atoms with van der Waals surface area (Å²) in [5.74, 6) is 0.754. The number of nitrogens with two attached hydrogens (primary N) is 1. The zero-order chi connectivity index (χ0) is 12.5. The Bertz CT molecular complexity index is 252. The molecule has 0 aromatic rings. The van der Waals surface area contributed by atoms with Crippen molar-refractivity contribution in [3.63, 3.8) is 0 Å². The quantitative estimate of drug-likeness (QED) is 0.660. The highest BCUT2D eigenvalue weighted by Gasteiger charge is 2.38. The van der Waals surface area contributed by atoms with Gasteiger partial charge in [-0.1, -0.05) is 19.8 Å². The van der Waals surface area contributed by atoms with E-state index in [4.69, 9.17) is 5.73 Å². The van der Waals surface area contributed by atoms with Gasteiger partial charge in [-0.15, -0.1) is 0 Å². The summed E-state index contributed by atoms with van der Waals surface area (Å²) >= 11 is 0. The molecule has 0 radical (unpaired) electrons. The van der Waals surface area contributed by atoms with E-state index in [0.717, 1.165) is 19.0 Å². The van der Waals surface area contributed by atoms with Crippen molar-refractivity contribution in [1.82, 2.24) is 4.90 Å². The molecule has 4 nitrogen and oxygen atoms in total. The SMILES string of the molecule is CC1CCCC(CN)(CN2CC(O)C(O)C2)C1. The predicted molar refractivity (Wildman–Crippen MR) is 67.6 cm³/mol. The lowest BCUT2D eigenvalue weighted by atomic mass is 9.70. The van der Waals surface area contributed by atoms with Crippen molar-refractivity contribution in [3.05, 3.63) is 0 Å². The van der Waals surface area contributed by atoms with Gasteiger partial charge in [0.05, 0.1) is 12.2 Å². The molecule has 0 spiro atoms. The third kappa shape index (κ3) is 2.99. The Labute approximate surface area is 104 Å². The third-order valence-electron chi connectivity index (χ3n) is 4.51. The molecule has 1 saturated heterocycles. The zero-order valence-electron chi connectivity index (χ0n) is 10.8. The highest BCUT2D eigenvalue weighted by atomic mass is 16.3. The molecule has 2 aliphatic rings. The summed E-state index contributed by atoms with van der Waals surface area (Å²) in [6.07, 6.45) is 3.80. The van der Waals surface area contributed by atoms with Crippen LogP contribution in [-0.2, 0) is 0 Å². The standard InChI is InChI=1S/C13H26N2O2/c1-10-3-2-4-13(5-10,8-14)9-15-6-11(16)12(17)7-15/h10-12,16-17H,2-9,14H2,1H3. The third-order valence-corrected chi connectivity index (χ3v) is 4.51. The Morgan fingerprint density at radius 3 is 2.47 bits per heavy atom. The predicted octanol–water partition coefficient (Wildman–Crippen LogP) is 0.179. The number of aliphatic hydroxyl groups excluding tert-OH is 2. The van der Waals surface area contributed by atoms with Crippen LogP contribution < -0.4 is 5.73 Å². The second-order valence-corrected chi connectivity index (χ2v) is 6.23. The highest BCUT2D eigenvalue weighted by Crippen LogP contribution is 2.39. The first-order valence-electron chi connectivity index (χ1n) is 6.83. The van der Waals surface area contributed by atoms with E-state index in [0.29, 0.717) is 13.1 Å². The van der Waals surface area contributed by atoms with Crippen LogP contribution in [-0.4, -0.2) is 53.5 Å². The van der Waals surface area contributed by atoms with E-state index in [1.54, 1.807) is 0 Å². The van der Waals surface area contributed by atoms with Crippen LogP contribution in [0.15, 0.2) is 0 Å². The molecule has 100 valence electrons. The molecule has 17 heavy (non-hydrogen) atoms. The molecule has 1 saturated carbocycles. The maximum atomic E-state index is 9.58. The normalized spacial score (nSPS) is 44.1. The minimum atomic E-state index is -0.578. The largest absolute Gasteiger partial charge is 0.389 e. The van der Waals surface area contributed by atoms with Gasteiger partial charge in [0.1, 0.15) is 0 Å². The van der Waals surface area contributed by atoms with Gasteiger partial charge in [0.25, 0.3) is 0 Å². The zero-order valence-corrected chi connectivity index (χ0v) is 10.8. The van der Waals surface area contributed by atoms with Crippen LogP contribution >= 0.6 is 0 Å². The molecular formula is C13H26N2O2. The Morgan fingerprint density at radius 1 is 1.29 bits per heavy atom. The molecule has 0 aromatic heterocycles. The van der Waals surface area contributed by atoms with Crippen molar-refractivity contribution in [3.8, 4) is 0 Å². The van der Waals surface area contributed by atoms with E-state index in [2.05, 4.69) is 11.8 Å². The Morgan fingerprint density at radius 2 is 1.94 bits per heavy atom. The van der Waals surface area contributed by atoms with Crippen LogP contribution in [0.4, 0.5) is 0 Å². The van der Waals surface area contributed by atoms with Crippen LogP contribution in [0.25, 0.3) is 0 Å².